The molecular weight excluding hydrogens is 348 g/mol. The second kappa shape index (κ2) is 7.67. The highest BCUT2D eigenvalue weighted by Gasteiger charge is 2.28. The maximum Gasteiger partial charge on any atom is 0.357 e. The summed E-state index contributed by atoms with van der Waals surface area (Å²) in [6.07, 6.45) is 0. The van der Waals surface area contributed by atoms with Gasteiger partial charge in [0.25, 0.3) is 0 Å². The predicted octanol–water partition coefficient (Wildman–Crippen LogP) is 1.95. The number of hydrogen-bond acceptors (Lipinski definition) is 8. The fraction of sp³-hybridized carbons (Fsp3) is 0.188. The summed E-state index contributed by atoms with van der Waals surface area (Å²) in [5.74, 6) is -1.84. The Bertz CT molecular complexity index is 848. The number of rotatable bonds is 5. The Hall–Kier alpha value is -3.07. The van der Waals surface area contributed by atoms with E-state index in [4.69, 9.17) is 17.0 Å². The number of nitrogens with one attached hydrogen (secondary N) is 1. The van der Waals surface area contributed by atoms with Crippen LogP contribution in [0.3, 0.4) is 0 Å². The number of benzene rings is 1. The standard InChI is InChI=1S/C16H14N2O6S/c1-22-9-6-4-8(5-7-9)13(19)10-11(14(20)23-2)17-16(25)18-12(10)15(21)24-3/h4-7H,1-3H3,(H,17,18,25). The molecule has 25 heavy (non-hydrogen) atoms. The van der Waals surface area contributed by atoms with E-state index in [1.54, 1.807) is 12.1 Å². The molecule has 0 bridgehead atoms. The Labute approximate surface area is 147 Å². The average molecular weight is 362 g/mol. The summed E-state index contributed by atoms with van der Waals surface area (Å²) in [5.41, 5.74) is -0.711. The second-order valence-corrected chi connectivity index (χ2v) is 5.07. The Balaban J connectivity index is 2.70. The van der Waals surface area contributed by atoms with E-state index in [9.17, 15) is 14.4 Å². The van der Waals surface area contributed by atoms with Crippen LogP contribution in [0.1, 0.15) is 36.9 Å². The van der Waals surface area contributed by atoms with Crippen LogP contribution in [-0.4, -0.2) is 49.0 Å². The smallest absolute Gasteiger partial charge is 0.357 e. The maximum atomic E-state index is 12.9. The van der Waals surface area contributed by atoms with Gasteiger partial charge in [0.2, 0.25) is 0 Å². The van der Waals surface area contributed by atoms with Gasteiger partial charge in [0.05, 0.1) is 26.9 Å². The molecule has 0 aliphatic heterocycles. The first kappa shape index (κ1) is 18.3. The molecule has 1 heterocycles. The summed E-state index contributed by atoms with van der Waals surface area (Å²) < 4.78 is 14.2. The van der Waals surface area contributed by atoms with Crippen molar-refractivity contribution in [1.82, 2.24) is 9.97 Å². The number of H-pyrrole nitrogens is 1. The summed E-state index contributed by atoms with van der Waals surface area (Å²) in [7, 11) is 3.76. The molecule has 0 radical (unpaired) electrons. The minimum absolute atomic E-state index is 0.160. The first-order chi connectivity index (χ1) is 11.9. The first-order valence-electron chi connectivity index (χ1n) is 6.92. The van der Waals surface area contributed by atoms with Crippen LogP contribution < -0.4 is 4.74 Å². The number of carbonyl (C=O) groups is 3. The van der Waals surface area contributed by atoms with Crippen molar-refractivity contribution in [2.75, 3.05) is 21.3 Å². The fourth-order valence-corrected chi connectivity index (χ4v) is 2.27. The van der Waals surface area contributed by atoms with Crippen molar-refractivity contribution in [2.24, 2.45) is 0 Å². The summed E-state index contributed by atoms with van der Waals surface area (Å²) in [4.78, 5) is 43.3. The van der Waals surface area contributed by atoms with Gasteiger partial charge in [-0.2, -0.15) is 0 Å². The second-order valence-electron chi connectivity index (χ2n) is 4.68. The lowest BCUT2D eigenvalue weighted by molar-refractivity contribution is 0.0582. The molecule has 0 fully saturated rings. The molecular formula is C16H14N2O6S. The molecule has 0 atom stereocenters. The largest absolute Gasteiger partial charge is 0.497 e. The third-order valence-electron chi connectivity index (χ3n) is 3.28. The van der Waals surface area contributed by atoms with Crippen LogP contribution in [0, 0.1) is 4.77 Å². The highest BCUT2D eigenvalue weighted by atomic mass is 32.1. The van der Waals surface area contributed by atoms with Gasteiger partial charge in [-0.05, 0) is 36.5 Å². The predicted molar refractivity (Wildman–Crippen MR) is 88.5 cm³/mol. The lowest BCUT2D eigenvalue weighted by Gasteiger charge is -2.11. The summed E-state index contributed by atoms with van der Waals surface area (Å²) in [6, 6.07) is 6.12. The molecule has 0 aliphatic carbocycles. The van der Waals surface area contributed by atoms with Gasteiger partial charge in [-0.3, -0.25) is 4.79 Å². The zero-order chi connectivity index (χ0) is 18.6. The van der Waals surface area contributed by atoms with E-state index in [0.717, 1.165) is 14.2 Å². The molecule has 0 aliphatic rings. The van der Waals surface area contributed by atoms with Gasteiger partial charge in [-0.15, -0.1) is 0 Å². The van der Waals surface area contributed by atoms with Crippen molar-refractivity contribution in [3.8, 4) is 5.75 Å². The zero-order valence-electron chi connectivity index (χ0n) is 13.6. The number of aromatic nitrogens is 2. The van der Waals surface area contributed by atoms with Crippen LogP contribution in [-0.2, 0) is 9.47 Å². The van der Waals surface area contributed by atoms with Crippen molar-refractivity contribution in [3.63, 3.8) is 0 Å². The molecule has 8 nitrogen and oxygen atoms in total. The minimum atomic E-state index is -0.901. The number of nitrogens with zero attached hydrogens (tertiary/aromatic N) is 1. The van der Waals surface area contributed by atoms with E-state index in [0.29, 0.717) is 5.75 Å². The Kier molecular flexibility index (Phi) is 5.60. The van der Waals surface area contributed by atoms with Crippen LogP contribution in [0.15, 0.2) is 24.3 Å². The third-order valence-corrected chi connectivity index (χ3v) is 3.47. The lowest BCUT2D eigenvalue weighted by atomic mass is 9.99. The molecule has 1 aromatic heterocycles. The van der Waals surface area contributed by atoms with E-state index in [1.807, 2.05) is 0 Å². The van der Waals surface area contributed by atoms with Gasteiger partial charge in [0.1, 0.15) is 11.4 Å². The normalized spacial score (nSPS) is 10.0. The molecule has 0 spiro atoms. The topological polar surface area (TPSA) is 108 Å². The summed E-state index contributed by atoms with van der Waals surface area (Å²) in [5, 5.41) is 0. The maximum absolute atomic E-state index is 12.9. The molecule has 0 unspecified atom stereocenters. The number of methoxy groups -OCH3 is 3. The fourth-order valence-electron chi connectivity index (χ4n) is 2.08. The van der Waals surface area contributed by atoms with Crippen LogP contribution in [0.2, 0.25) is 0 Å². The zero-order valence-corrected chi connectivity index (χ0v) is 14.4. The van der Waals surface area contributed by atoms with E-state index in [2.05, 4.69) is 19.4 Å². The number of ether oxygens (including phenoxy) is 3. The monoisotopic (exact) mass is 362 g/mol. The molecule has 2 rings (SSSR count). The Morgan fingerprint density at radius 3 is 2.12 bits per heavy atom. The van der Waals surface area contributed by atoms with E-state index < -0.39 is 17.7 Å². The van der Waals surface area contributed by atoms with E-state index in [1.165, 1.54) is 19.2 Å². The van der Waals surface area contributed by atoms with Crippen molar-refractivity contribution >= 4 is 29.9 Å². The van der Waals surface area contributed by atoms with Gasteiger partial charge in [0.15, 0.2) is 16.2 Å². The minimum Gasteiger partial charge on any atom is -0.497 e. The average Bonchev–Trinajstić information content (AvgIpc) is 2.65. The Morgan fingerprint density at radius 2 is 1.60 bits per heavy atom. The van der Waals surface area contributed by atoms with Crippen LogP contribution in [0.4, 0.5) is 0 Å². The number of aromatic amines is 1. The van der Waals surface area contributed by atoms with Crippen molar-refractivity contribution in [2.45, 2.75) is 0 Å². The molecule has 130 valence electrons. The summed E-state index contributed by atoms with van der Waals surface area (Å²) in [6.45, 7) is 0. The number of ketones is 1. The molecule has 2 aromatic rings. The SMILES string of the molecule is COC(=O)c1nc(=S)[nH]c(C(=O)OC)c1C(=O)c1ccc(OC)cc1. The number of carbonyl (C=O) groups excluding carboxylic acids is 3. The Morgan fingerprint density at radius 1 is 1.00 bits per heavy atom. The van der Waals surface area contributed by atoms with Gasteiger partial charge < -0.3 is 19.2 Å². The van der Waals surface area contributed by atoms with Crippen LogP contribution in [0.25, 0.3) is 0 Å². The van der Waals surface area contributed by atoms with E-state index in [-0.39, 0.29) is 27.3 Å². The number of hydrogen-bond donors (Lipinski definition) is 1. The van der Waals surface area contributed by atoms with Gasteiger partial charge >= 0.3 is 11.9 Å². The quantitative estimate of drug-likeness (QED) is 0.488. The van der Waals surface area contributed by atoms with E-state index >= 15 is 0 Å². The van der Waals surface area contributed by atoms with Crippen LogP contribution in [0.5, 0.6) is 5.75 Å². The van der Waals surface area contributed by atoms with Crippen LogP contribution >= 0.6 is 12.2 Å². The highest BCUT2D eigenvalue weighted by Crippen LogP contribution is 2.20. The highest BCUT2D eigenvalue weighted by molar-refractivity contribution is 7.71. The summed E-state index contributed by atoms with van der Waals surface area (Å²) >= 11 is 4.91. The van der Waals surface area contributed by atoms with Gasteiger partial charge in [0, 0.05) is 5.56 Å². The molecule has 0 amide bonds. The first-order valence-corrected chi connectivity index (χ1v) is 7.33. The molecule has 0 saturated carbocycles. The third kappa shape index (κ3) is 3.72. The molecule has 1 N–H and O–H groups in total. The van der Waals surface area contributed by atoms with Crippen molar-refractivity contribution in [3.05, 3.63) is 51.6 Å². The van der Waals surface area contributed by atoms with Gasteiger partial charge in [-0.25, -0.2) is 14.6 Å². The van der Waals surface area contributed by atoms with Crippen molar-refractivity contribution in [1.29, 1.82) is 0 Å². The molecule has 1 aromatic carbocycles. The molecule has 0 saturated heterocycles. The molecule has 9 heteroatoms. The lowest BCUT2D eigenvalue weighted by Crippen LogP contribution is -2.21. The van der Waals surface area contributed by atoms with Gasteiger partial charge in [-0.1, -0.05) is 0 Å². The van der Waals surface area contributed by atoms with Crippen molar-refractivity contribution < 1.29 is 28.6 Å². The number of esters is 2.